The van der Waals surface area contributed by atoms with E-state index in [9.17, 15) is 9.18 Å². The average molecular weight is 370 g/mol. The Bertz CT molecular complexity index is 801. The lowest BCUT2D eigenvalue weighted by atomic mass is 10.1. The van der Waals surface area contributed by atoms with E-state index in [4.69, 9.17) is 14.2 Å². The number of hydrogen-bond donors (Lipinski definition) is 0. The summed E-state index contributed by atoms with van der Waals surface area (Å²) < 4.78 is 28.8. The molecule has 0 N–H and O–H groups in total. The van der Waals surface area contributed by atoms with Gasteiger partial charge in [0.15, 0.2) is 0 Å². The second-order valence-electron chi connectivity index (χ2n) is 7.05. The van der Waals surface area contributed by atoms with Crippen LogP contribution in [0.2, 0.25) is 0 Å². The fourth-order valence-electron chi connectivity index (χ4n) is 3.02. The van der Waals surface area contributed by atoms with Crippen LogP contribution in [0, 0.1) is 11.3 Å². The van der Waals surface area contributed by atoms with Gasteiger partial charge in [-0.2, -0.15) is 0 Å². The summed E-state index contributed by atoms with van der Waals surface area (Å²) in [5.41, 5.74) is 0.515. The van der Waals surface area contributed by atoms with E-state index in [0.717, 1.165) is 11.3 Å². The highest BCUT2D eigenvalue weighted by atomic mass is 19.1. The molecule has 0 bridgehead atoms. The molecule has 0 spiro atoms. The van der Waals surface area contributed by atoms with Crippen molar-refractivity contribution in [2.24, 2.45) is 11.3 Å². The quantitative estimate of drug-likeness (QED) is 0.482. The van der Waals surface area contributed by atoms with Crippen LogP contribution in [0.5, 0.6) is 11.5 Å². The smallest absolute Gasteiger partial charge is 0.313 e. The third-order valence-electron chi connectivity index (χ3n) is 4.65. The van der Waals surface area contributed by atoms with Gasteiger partial charge in [0.05, 0.1) is 6.26 Å². The van der Waals surface area contributed by atoms with E-state index in [0.29, 0.717) is 5.75 Å². The van der Waals surface area contributed by atoms with Crippen LogP contribution >= 0.6 is 0 Å². The van der Waals surface area contributed by atoms with Crippen LogP contribution in [0.4, 0.5) is 4.39 Å². The lowest BCUT2D eigenvalue weighted by Gasteiger charge is -2.09. The molecule has 142 valence electrons. The number of carbonyl (C=O) groups is 1. The molecular formula is C22H23FO4. The van der Waals surface area contributed by atoms with Gasteiger partial charge in [0, 0.05) is 5.41 Å². The highest BCUT2D eigenvalue weighted by molar-refractivity contribution is 5.78. The number of alkyl halides is 1. The van der Waals surface area contributed by atoms with Crippen molar-refractivity contribution >= 4 is 5.97 Å². The summed E-state index contributed by atoms with van der Waals surface area (Å²) in [4.78, 5) is 12.4. The van der Waals surface area contributed by atoms with Crippen LogP contribution in [0.25, 0.3) is 0 Å². The minimum absolute atomic E-state index is 0.157. The Labute approximate surface area is 158 Å². The molecule has 1 saturated carbocycles. The maximum Gasteiger partial charge on any atom is 0.313 e. The fourth-order valence-corrected chi connectivity index (χ4v) is 3.02. The molecule has 0 amide bonds. The molecule has 1 fully saturated rings. The molecule has 0 heterocycles. The van der Waals surface area contributed by atoms with Crippen molar-refractivity contribution < 1.29 is 23.4 Å². The predicted molar refractivity (Wildman–Crippen MR) is 100 cm³/mol. The average Bonchev–Trinajstić information content (AvgIpc) is 3.22. The summed E-state index contributed by atoms with van der Waals surface area (Å²) in [5, 5.41) is 0. The Kier molecular flexibility index (Phi) is 5.79. The van der Waals surface area contributed by atoms with Crippen LogP contribution < -0.4 is 4.74 Å². The van der Waals surface area contributed by atoms with Gasteiger partial charge in [-0.3, -0.25) is 4.79 Å². The van der Waals surface area contributed by atoms with Gasteiger partial charge in [-0.05, 0) is 35.9 Å². The Hall–Kier alpha value is -2.82. The molecule has 4 nitrogen and oxygen atoms in total. The standard InChI is InChI=1S/C22H23FO4/c1-22(2)19(20(22)25-13-7-12-23)21(24)26-15-16-8-6-11-18(14-16)27-17-9-4-3-5-10-17/h3-11,13-14,19-20H,12,15H2,1-2H3. The second-order valence-corrected chi connectivity index (χ2v) is 7.05. The molecule has 0 radical (unpaired) electrons. The summed E-state index contributed by atoms with van der Waals surface area (Å²) in [6.07, 6.45) is 2.29. The van der Waals surface area contributed by atoms with Crippen LogP contribution in [0.3, 0.4) is 0 Å². The number of allylic oxidation sites excluding steroid dienone is 1. The highest BCUT2D eigenvalue weighted by Crippen LogP contribution is 2.54. The zero-order chi connectivity index (χ0) is 19.3. The zero-order valence-electron chi connectivity index (χ0n) is 15.4. The van der Waals surface area contributed by atoms with Gasteiger partial charge in [-0.25, -0.2) is 4.39 Å². The SMILES string of the molecule is CC1(C)C(OC=CCF)C1C(=O)OCc1cccc(Oc2ccccc2)c1. The van der Waals surface area contributed by atoms with Crippen LogP contribution in [0.15, 0.2) is 66.9 Å². The van der Waals surface area contributed by atoms with Gasteiger partial charge in [-0.1, -0.05) is 44.2 Å². The number of hydrogen-bond acceptors (Lipinski definition) is 4. The van der Waals surface area contributed by atoms with E-state index in [1.807, 2.05) is 68.4 Å². The van der Waals surface area contributed by atoms with E-state index in [1.54, 1.807) is 0 Å². The number of ether oxygens (including phenoxy) is 3. The topological polar surface area (TPSA) is 44.8 Å². The van der Waals surface area contributed by atoms with Crippen molar-refractivity contribution in [1.82, 2.24) is 0 Å². The lowest BCUT2D eigenvalue weighted by molar-refractivity contribution is -0.148. The number of para-hydroxylation sites is 1. The van der Waals surface area contributed by atoms with Crippen molar-refractivity contribution in [2.75, 3.05) is 6.67 Å². The molecule has 1 aliphatic rings. The summed E-state index contributed by atoms with van der Waals surface area (Å²) in [6.45, 7) is 3.43. The fraction of sp³-hybridized carbons (Fsp3) is 0.318. The van der Waals surface area contributed by atoms with Crippen LogP contribution in [0.1, 0.15) is 19.4 Å². The normalized spacial score (nSPS) is 20.3. The van der Waals surface area contributed by atoms with Gasteiger partial charge in [0.1, 0.15) is 36.8 Å². The van der Waals surface area contributed by atoms with Crippen LogP contribution in [-0.4, -0.2) is 18.7 Å². The molecule has 1 aliphatic carbocycles. The van der Waals surface area contributed by atoms with Crippen molar-refractivity contribution in [3.8, 4) is 11.5 Å². The molecule has 3 rings (SSSR count). The maximum atomic E-state index is 12.4. The van der Waals surface area contributed by atoms with Crippen LogP contribution in [-0.2, 0) is 20.9 Å². The second kappa shape index (κ2) is 8.25. The largest absolute Gasteiger partial charge is 0.497 e. The Morgan fingerprint density at radius 2 is 1.85 bits per heavy atom. The van der Waals surface area contributed by atoms with Crippen molar-refractivity contribution in [3.05, 3.63) is 72.5 Å². The summed E-state index contributed by atoms with van der Waals surface area (Å²) in [6, 6.07) is 16.9. The number of benzene rings is 2. The van der Waals surface area contributed by atoms with Crippen molar-refractivity contribution in [1.29, 1.82) is 0 Å². The number of halogens is 1. The predicted octanol–water partition coefficient (Wildman–Crippen LogP) is 5.05. The van der Waals surface area contributed by atoms with E-state index in [2.05, 4.69) is 0 Å². The molecule has 27 heavy (non-hydrogen) atoms. The maximum absolute atomic E-state index is 12.4. The highest BCUT2D eigenvalue weighted by Gasteiger charge is 2.65. The third kappa shape index (κ3) is 4.67. The number of rotatable bonds is 8. The monoisotopic (exact) mass is 370 g/mol. The first-order valence-electron chi connectivity index (χ1n) is 8.87. The van der Waals surface area contributed by atoms with Gasteiger partial charge in [0.2, 0.25) is 0 Å². The summed E-state index contributed by atoms with van der Waals surface area (Å²) >= 11 is 0. The van der Waals surface area contributed by atoms with Gasteiger partial charge in [0.25, 0.3) is 0 Å². The Balaban J connectivity index is 1.55. The van der Waals surface area contributed by atoms with E-state index < -0.39 is 6.67 Å². The molecule has 0 aliphatic heterocycles. The first-order chi connectivity index (χ1) is 13.0. The minimum Gasteiger partial charge on any atom is -0.497 e. The molecule has 2 aromatic carbocycles. The van der Waals surface area contributed by atoms with Gasteiger partial charge < -0.3 is 14.2 Å². The Morgan fingerprint density at radius 3 is 2.59 bits per heavy atom. The molecule has 0 saturated heterocycles. The van der Waals surface area contributed by atoms with Gasteiger partial charge >= 0.3 is 5.97 Å². The molecule has 2 aromatic rings. The van der Waals surface area contributed by atoms with Crippen molar-refractivity contribution in [3.63, 3.8) is 0 Å². The molecule has 2 atom stereocenters. The molecule has 5 heteroatoms. The summed E-state index contributed by atoms with van der Waals surface area (Å²) in [7, 11) is 0. The van der Waals surface area contributed by atoms with Crippen molar-refractivity contribution in [2.45, 2.75) is 26.6 Å². The number of esters is 1. The zero-order valence-corrected chi connectivity index (χ0v) is 15.4. The van der Waals surface area contributed by atoms with Gasteiger partial charge in [-0.15, -0.1) is 0 Å². The first kappa shape index (κ1) is 19.0. The minimum atomic E-state index is -0.594. The Morgan fingerprint density at radius 1 is 1.11 bits per heavy atom. The third-order valence-corrected chi connectivity index (χ3v) is 4.65. The van der Waals surface area contributed by atoms with E-state index in [-0.39, 0.29) is 30.0 Å². The molecular weight excluding hydrogens is 347 g/mol. The molecule has 0 aromatic heterocycles. The lowest BCUT2D eigenvalue weighted by Crippen LogP contribution is -2.11. The van der Waals surface area contributed by atoms with E-state index in [1.165, 1.54) is 12.3 Å². The summed E-state index contributed by atoms with van der Waals surface area (Å²) in [5.74, 6) is 0.755. The number of carbonyl (C=O) groups excluding carboxylic acids is 1. The molecule has 2 unspecified atom stereocenters. The van der Waals surface area contributed by atoms with E-state index >= 15 is 0 Å². The first-order valence-corrected chi connectivity index (χ1v) is 8.87.